The molecule has 1 fully saturated rings. The third-order valence-electron chi connectivity index (χ3n) is 6.15. The van der Waals surface area contributed by atoms with E-state index in [0.717, 1.165) is 42.9 Å². The van der Waals surface area contributed by atoms with Crippen LogP contribution in [0.1, 0.15) is 63.1 Å². The summed E-state index contributed by atoms with van der Waals surface area (Å²) in [5, 5.41) is 10.1. The van der Waals surface area contributed by atoms with Gasteiger partial charge in [-0.3, -0.25) is 9.20 Å². The zero-order chi connectivity index (χ0) is 27.1. The van der Waals surface area contributed by atoms with Gasteiger partial charge < -0.3 is 26.4 Å². The van der Waals surface area contributed by atoms with Crippen LogP contribution < -0.4 is 26.4 Å². The van der Waals surface area contributed by atoms with Gasteiger partial charge in [0, 0.05) is 30.3 Å². The quantitative estimate of drug-likeness (QED) is 0.333. The average Bonchev–Trinajstić information content (AvgIpc) is 2.86. The minimum Gasteiger partial charge on any atom is -0.489 e. The average molecular weight is 528 g/mol. The van der Waals surface area contributed by atoms with Gasteiger partial charge in [0.1, 0.15) is 16.6 Å². The lowest BCUT2D eigenvalue weighted by molar-refractivity contribution is 0.243. The van der Waals surface area contributed by atoms with Crippen LogP contribution in [0.25, 0.3) is 0 Å². The first kappa shape index (κ1) is 28.6. The molecule has 37 heavy (non-hydrogen) atoms. The van der Waals surface area contributed by atoms with E-state index in [1.807, 2.05) is 34.6 Å². The van der Waals surface area contributed by atoms with Crippen LogP contribution in [0.5, 0.6) is 5.75 Å². The van der Waals surface area contributed by atoms with E-state index in [4.69, 9.17) is 15.5 Å². The maximum atomic E-state index is 12.6. The maximum Gasteiger partial charge on any atom is 0.229 e. The Morgan fingerprint density at radius 2 is 1.92 bits per heavy atom. The van der Waals surface area contributed by atoms with E-state index in [9.17, 15) is 4.21 Å². The number of nitrogens with two attached hydrogens (primary N) is 1. The summed E-state index contributed by atoms with van der Waals surface area (Å²) in [6.45, 7) is 13.9. The molecule has 0 saturated carbocycles. The Bertz CT molecular complexity index is 1170. The van der Waals surface area contributed by atoms with E-state index in [0.29, 0.717) is 23.4 Å². The van der Waals surface area contributed by atoms with E-state index < -0.39 is 10.8 Å². The molecule has 1 aliphatic heterocycles. The SMILES string of the molecule is CN=CC(Nc1nc(Nc2cc(C)c(C3CCNCC3)cc2OC(C)C)ncc1C)=C(N)S(=O)C(C)C. The summed E-state index contributed by atoms with van der Waals surface area (Å²) in [5.41, 5.74) is 10.8. The Morgan fingerprint density at radius 1 is 1.22 bits per heavy atom. The minimum absolute atomic E-state index is 0.0196. The summed E-state index contributed by atoms with van der Waals surface area (Å²) in [6.07, 6.45) is 5.54. The highest BCUT2D eigenvalue weighted by molar-refractivity contribution is 7.89. The van der Waals surface area contributed by atoms with Gasteiger partial charge >= 0.3 is 0 Å². The van der Waals surface area contributed by atoms with E-state index in [-0.39, 0.29) is 16.4 Å². The van der Waals surface area contributed by atoms with Crippen LogP contribution in [0.3, 0.4) is 0 Å². The molecule has 1 saturated heterocycles. The second kappa shape index (κ2) is 13.0. The number of hydrogen-bond acceptors (Lipinski definition) is 9. The number of aryl methyl sites for hydroxylation is 2. The van der Waals surface area contributed by atoms with Gasteiger partial charge in [-0.05, 0) is 82.8 Å². The Balaban J connectivity index is 1.95. The molecule has 0 spiro atoms. The molecule has 1 atom stereocenters. The molecule has 2 aromatic rings. The molecule has 3 rings (SSSR count). The lowest BCUT2D eigenvalue weighted by Gasteiger charge is -2.26. The molecule has 202 valence electrons. The number of hydrogen-bond donors (Lipinski definition) is 4. The van der Waals surface area contributed by atoms with Crippen LogP contribution in [0.2, 0.25) is 0 Å². The Labute approximate surface area is 223 Å². The van der Waals surface area contributed by atoms with Gasteiger partial charge in [0.05, 0.1) is 28.3 Å². The fraction of sp³-hybridized carbons (Fsp3) is 0.519. The predicted molar refractivity (Wildman–Crippen MR) is 154 cm³/mol. The smallest absolute Gasteiger partial charge is 0.229 e. The molecule has 10 heteroatoms. The zero-order valence-corrected chi connectivity index (χ0v) is 23.8. The number of allylic oxidation sites excluding steroid dienone is 1. The van der Waals surface area contributed by atoms with Crippen LogP contribution in [-0.2, 0) is 10.8 Å². The molecule has 0 amide bonds. The summed E-state index contributed by atoms with van der Waals surface area (Å²) in [5.74, 6) is 2.25. The number of ether oxygens (including phenoxy) is 1. The van der Waals surface area contributed by atoms with E-state index >= 15 is 0 Å². The second-order valence-corrected chi connectivity index (χ2v) is 11.9. The second-order valence-electron chi connectivity index (χ2n) is 9.88. The molecule has 2 heterocycles. The van der Waals surface area contributed by atoms with Crippen molar-refractivity contribution in [3.05, 3.63) is 45.7 Å². The molecule has 1 aromatic carbocycles. The van der Waals surface area contributed by atoms with Crippen molar-refractivity contribution in [2.75, 3.05) is 30.8 Å². The molecule has 0 bridgehead atoms. The van der Waals surface area contributed by atoms with Crippen molar-refractivity contribution in [3.63, 3.8) is 0 Å². The molecule has 1 unspecified atom stereocenters. The highest BCUT2D eigenvalue weighted by Gasteiger charge is 2.21. The monoisotopic (exact) mass is 527 g/mol. The Kier molecular flexibility index (Phi) is 10.0. The summed E-state index contributed by atoms with van der Waals surface area (Å²) < 4.78 is 18.8. The number of anilines is 3. The third kappa shape index (κ3) is 7.52. The van der Waals surface area contributed by atoms with Crippen molar-refractivity contribution >= 4 is 34.5 Å². The first-order chi connectivity index (χ1) is 17.6. The first-order valence-electron chi connectivity index (χ1n) is 12.8. The van der Waals surface area contributed by atoms with Gasteiger partial charge in [-0.15, -0.1) is 0 Å². The lowest BCUT2D eigenvalue weighted by Crippen LogP contribution is -2.27. The van der Waals surface area contributed by atoms with Crippen LogP contribution in [0.15, 0.2) is 34.0 Å². The third-order valence-corrected chi connectivity index (χ3v) is 7.66. The molecule has 1 aliphatic rings. The van der Waals surface area contributed by atoms with Gasteiger partial charge in [-0.2, -0.15) is 4.98 Å². The number of aliphatic imine (C=N–C) groups is 1. The highest BCUT2D eigenvalue weighted by Crippen LogP contribution is 2.37. The van der Waals surface area contributed by atoms with Crippen molar-refractivity contribution in [3.8, 4) is 5.75 Å². The zero-order valence-electron chi connectivity index (χ0n) is 23.0. The van der Waals surface area contributed by atoms with Crippen molar-refractivity contribution < 1.29 is 8.95 Å². The van der Waals surface area contributed by atoms with Gasteiger partial charge in [0.25, 0.3) is 0 Å². The number of rotatable bonds is 10. The van der Waals surface area contributed by atoms with Crippen LogP contribution >= 0.6 is 0 Å². The molecule has 1 aromatic heterocycles. The van der Waals surface area contributed by atoms with Gasteiger partial charge in [-0.1, -0.05) is 13.8 Å². The summed E-state index contributed by atoms with van der Waals surface area (Å²) >= 11 is 0. The van der Waals surface area contributed by atoms with E-state index in [1.165, 1.54) is 11.1 Å². The van der Waals surface area contributed by atoms with Gasteiger partial charge in [-0.25, -0.2) is 4.98 Å². The fourth-order valence-electron chi connectivity index (χ4n) is 4.25. The predicted octanol–water partition coefficient (Wildman–Crippen LogP) is 4.49. The fourth-order valence-corrected chi connectivity index (χ4v) is 5.08. The standard InChI is InChI=1S/C27H41N7O2S/c1-16(2)36-24-13-21(20-8-10-30-11-9-20)18(5)12-22(24)33-27-31-14-19(6)26(34-27)32-23(15-29-7)25(28)37(35)17(3)4/h12-17,20,30H,8-11,28H2,1-7H3,(H2,31,32,33,34). The van der Waals surface area contributed by atoms with Crippen LogP contribution in [0, 0.1) is 13.8 Å². The summed E-state index contributed by atoms with van der Waals surface area (Å²) in [6, 6.07) is 4.28. The number of benzene rings is 1. The summed E-state index contributed by atoms with van der Waals surface area (Å²) in [7, 11) is 0.281. The highest BCUT2D eigenvalue weighted by atomic mass is 32.2. The minimum atomic E-state index is -1.36. The van der Waals surface area contributed by atoms with Crippen molar-refractivity contribution in [1.82, 2.24) is 15.3 Å². The Morgan fingerprint density at radius 3 is 2.54 bits per heavy atom. The largest absolute Gasteiger partial charge is 0.489 e. The van der Waals surface area contributed by atoms with E-state index in [2.05, 4.69) is 45.0 Å². The number of aromatic nitrogens is 2. The first-order valence-corrected chi connectivity index (χ1v) is 14.0. The number of nitrogens with one attached hydrogen (secondary N) is 3. The topological polar surface area (TPSA) is 127 Å². The van der Waals surface area contributed by atoms with Crippen LogP contribution in [0.4, 0.5) is 17.5 Å². The molecule has 9 nitrogen and oxygen atoms in total. The van der Waals surface area contributed by atoms with Crippen molar-refractivity contribution in [2.45, 2.75) is 71.7 Å². The molecular weight excluding hydrogens is 486 g/mol. The van der Waals surface area contributed by atoms with E-state index in [1.54, 1.807) is 19.5 Å². The van der Waals surface area contributed by atoms with Crippen molar-refractivity contribution in [2.24, 2.45) is 10.7 Å². The summed E-state index contributed by atoms with van der Waals surface area (Å²) in [4.78, 5) is 13.3. The molecule has 0 radical (unpaired) electrons. The Hall–Kier alpha value is -2.98. The normalized spacial score (nSPS) is 16.2. The van der Waals surface area contributed by atoms with Gasteiger partial charge in [0.15, 0.2) is 0 Å². The number of piperidine rings is 1. The molecule has 5 N–H and O–H groups in total. The molecule has 0 aliphatic carbocycles. The van der Waals surface area contributed by atoms with Gasteiger partial charge in [0.2, 0.25) is 5.95 Å². The van der Waals surface area contributed by atoms with Crippen LogP contribution in [-0.4, -0.2) is 51.9 Å². The lowest BCUT2D eigenvalue weighted by atomic mass is 9.87. The maximum absolute atomic E-state index is 12.6. The number of nitrogens with zero attached hydrogens (tertiary/aromatic N) is 3. The van der Waals surface area contributed by atoms with Crippen molar-refractivity contribution in [1.29, 1.82) is 0 Å². The molecular formula is C27H41N7O2S.